The van der Waals surface area contributed by atoms with Crippen molar-refractivity contribution in [1.82, 2.24) is 14.5 Å². The van der Waals surface area contributed by atoms with Gasteiger partial charge in [0.05, 0.1) is 6.20 Å². The summed E-state index contributed by atoms with van der Waals surface area (Å²) in [5, 5.41) is 13.6. The van der Waals surface area contributed by atoms with E-state index in [0.717, 1.165) is 57.6 Å². The molecule has 30 heavy (non-hydrogen) atoms. The molecule has 6 nitrogen and oxygen atoms in total. The number of piperidine rings is 1. The number of carbonyl (C=O) groups excluding carboxylic acids is 1. The molecule has 1 aromatic heterocycles. The Bertz CT molecular complexity index is 1060. The summed E-state index contributed by atoms with van der Waals surface area (Å²) in [6.07, 6.45) is 5.42. The van der Waals surface area contributed by atoms with Crippen LogP contribution in [0.25, 0.3) is 10.8 Å². The van der Waals surface area contributed by atoms with E-state index >= 15 is 0 Å². The zero-order valence-corrected chi connectivity index (χ0v) is 19.8. The van der Waals surface area contributed by atoms with Gasteiger partial charge < -0.3 is 10.2 Å². The minimum Gasteiger partial charge on any atom is -0.354 e. The van der Waals surface area contributed by atoms with Gasteiger partial charge in [0.2, 0.25) is 0 Å². The first kappa shape index (κ1) is 21.3. The van der Waals surface area contributed by atoms with Gasteiger partial charge in [-0.1, -0.05) is 40.9 Å². The summed E-state index contributed by atoms with van der Waals surface area (Å²) >= 11 is 9.68. The minimum atomic E-state index is -0.205. The molecular formula is C21H22BrN5OS2. The molecule has 2 aromatic carbocycles. The molecule has 9 heteroatoms. The van der Waals surface area contributed by atoms with E-state index in [1.54, 1.807) is 18.0 Å². The summed E-state index contributed by atoms with van der Waals surface area (Å²) in [5.74, 6) is 0.885. The molecule has 0 spiro atoms. The van der Waals surface area contributed by atoms with E-state index in [9.17, 15) is 4.79 Å². The quantitative estimate of drug-likeness (QED) is 0.365. The number of amides is 2. The third-order valence-electron chi connectivity index (χ3n) is 5.24. The van der Waals surface area contributed by atoms with Crippen LogP contribution in [-0.2, 0) is 0 Å². The van der Waals surface area contributed by atoms with E-state index in [4.69, 9.17) is 0 Å². The van der Waals surface area contributed by atoms with Gasteiger partial charge in [-0.2, -0.15) is 5.10 Å². The lowest BCUT2D eigenvalue weighted by Gasteiger charge is -2.36. The number of nitrogens with zero attached hydrogens (tertiary/aromatic N) is 4. The van der Waals surface area contributed by atoms with Gasteiger partial charge in [-0.05, 0) is 49.4 Å². The van der Waals surface area contributed by atoms with Crippen LogP contribution < -0.4 is 10.2 Å². The van der Waals surface area contributed by atoms with Crippen LogP contribution in [0.4, 0.5) is 16.3 Å². The summed E-state index contributed by atoms with van der Waals surface area (Å²) in [6, 6.07) is 13.8. The Labute approximate surface area is 194 Å². The predicted octanol–water partition coefficient (Wildman–Crippen LogP) is 5.46. The summed E-state index contributed by atoms with van der Waals surface area (Å²) in [4.78, 5) is 16.0. The summed E-state index contributed by atoms with van der Waals surface area (Å²) in [6.45, 7) is 1.58. The summed E-state index contributed by atoms with van der Waals surface area (Å²) in [7, 11) is 0. The molecule has 2 heterocycles. The van der Waals surface area contributed by atoms with Gasteiger partial charge in [-0.3, -0.25) is 4.31 Å². The molecule has 4 rings (SSSR count). The molecule has 0 aliphatic carbocycles. The Kier molecular flexibility index (Phi) is 6.70. The molecule has 0 atom stereocenters. The molecular weight excluding hydrogens is 482 g/mol. The van der Waals surface area contributed by atoms with Crippen molar-refractivity contribution in [1.29, 1.82) is 0 Å². The molecule has 1 aliphatic rings. The molecule has 156 valence electrons. The minimum absolute atomic E-state index is 0.0583. The fourth-order valence-corrected chi connectivity index (χ4v) is 4.74. The average Bonchev–Trinajstić information content (AvgIpc) is 2.78. The van der Waals surface area contributed by atoms with E-state index in [1.165, 1.54) is 4.31 Å². The van der Waals surface area contributed by atoms with Crippen molar-refractivity contribution in [2.24, 2.45) is 0 Å². The molecule has 0 radical (unpaired) electrons. The maximum absolute atomic E-state index is 12.7. The van der Waals surface area contributed by atoms with Gasteiger partial charge in [-0.15, -0.1) is 16.9 Å². The molecule has 0 unspecified atom stereocenters. The molecule has 3 aromatic rings. The van der Waals surface area contributed by atoms with Gasteiger partial charge in [-0.25, -0.2) is 4.79 Å². The van der Waals surface area contributed by atoms with Crippen LogP contribution in [0, 0.1) is 0 Å². The van der Waals surface area contributed by atoms with Gasteiger partial charge in [0.25, 0.3) is 0 Å². The number of benzene rings is 2. The first-order chi connectivity index (χ1) is 14.5. The number of hydrogen-bond acceptors (Lipinski definition) is 6. The largest absolute Gasteiger partial charge is 0.354 e. The van der Waals surface area contributed by atoms with Crippen molar-refractivity contribution in [3.63, 3.8) is 0 Å². The molecule has 1 aliphatic heterocycles. The standard InChI is InChI=1S/C21H22BrN5OS2/c1-30-18-4-2-3-16(12-18)24-21(28)27(29)17-7-9-26(10-8-17)20-19-11-15(22)6-5-14(19)13-23-25-20/h2-6,11-13,17,29H,7-10H2,1H3,(H,24,28). The molecule has 0 bridgehead atoms. The summed E-state index contributed by atoms with van der Waals surface area (Å²) < 4.78 is 2.54. The SMILES string of the molecule is CSc1cccc(NC(=O)N(S)C2CCN(c3nncc4ccc(Br)cc34)CC2)c1. The molecule has 2 amide bonds. The zero-order chi connectivity index (χ0) is 21.1. The Hall–Kier alpha value is -1.97. The number of aromatic nitrogens is 2. The number of anilines is 2. The average molecular weight is 504 g/mol. The Morgan fingerprint density at radius 1 is 1.27 bits per heavy atom. The second-order valence-electron chi connectivity index (χ2n) is 7.12. The maximum Gasteiger partial charge on any atom is 0.331 e. The lowest BCUT2D eigenvalue weighted by atomic mass is 10.0. The lowest BCUT2D eigenvalue weighted by molar-refractivity contribution is 0.223. The highest BCUT2D eigenvalue weighted by Gasteiger charge is 2.27. The van der Waals surface area contributed by atoms with Gasteiger partial charge in [0.1, 0.15) is 0 Å². The van der Waals surface area contributed by atoms with Crippen LogP contribution in [0.1, 0.15) is 12.8 Å². The Morgan fingerprint density at radius 2 is 2.07 bits per heavy atom. The van der Waals surface area contributed by atoms with E-state index in [1.807, 2.05) is 42.7 Å². The van der Waals surface area contributed by atoms with Crippen molar-refractivity contribution in [2.75, 3.05) is 29.6 Å². The highest BCUT2D eigenvalue weighted by Crippen LogP contribution is 2.30. The van der Waals surface area contributed by atoms with Crippen molar-refractivity contribution in [3.8, 4) is 0 Å². The Balaban J connectivity index is 1.40. The van der Waals surface area contributed by atoms with Gasteiger partial charge in [0.15, 0.2) is 5.82 Å². The Morgan fingerprint density at radius 3 is 2.83 bits per heavy atom. The van der Waals surface area contributed by atoms with E-state index in [0.29, 0.717) is 0 Å². The normalized spacial score (nSPS) is 14.7. The zero-order valence-electron chi connectivity index (χ0n) is 16.5. The van der Waals surface area contributed by atoms with Crippen molar-refractivity contribution >= 4 is 68.8 Å². The van der Waals surface area contributed by atoms with Crippen LogP contribution in [0.15, 0.2) is 58.0 Å². The van der Waals surface area contributed by atoms with Crippen LogP contribution >= 0.6 is 40.5 Å². The smallest absolute Gasteiger partial charge is 0.331 e. The first-order valence-electron chi connectivity index (χ1n) is 9.64. The third-order valence-corrected chi connectivity index (χ3v) is 6.97. The second-order valence-corrected chi connectivity index (χ2v) is 9.35. The van der Waals surface area contributed by atoms with E-state index < -0.39 is 0 Å². The van der Waals surface area contributed by atoms with Crippen LogP contribution in [0.3, 0.4) is 0 Å². The van der Waals surface area contributed by atoms with Crippen molar-refractivity contribution in [3.05, 3.63) is 53.1 Å². The molecule has 1 saturated heterocycles. The van der Waals surface area contributed by atoms with Crippen LogP contribution in [0.2, 0.25) is 0 Å². The monoisotopic (exact) mass is 503 g/mol. The number of thioether (sulfide) groups is 1. The number of carbonyl (C=O) groups is 1. The fraction of sp³-hybridized carbons (Fsp3) is 0.286. The van der Waals surface area contributed by atoms with Crippen LogP contribution in [-0.4, -0.2) is 45.9 Å². The fourth-order valence-electron chi connectivity index (χ4n) is 3.64. The second kappa shape index (κ2) is 9.45. The number of halogens is 1. The predicted molar refractivity (Wildman–Crippen MR) is 131 cm³/mol. The molecule has 0 saturated carbocycles. The number of urea groups is 1. The highest BCUT2D eigenvalue weighted by atomic mass is 79.9. The van der Waals surface area contributed by atoms with Crippen molar-refractivity contribution in [2.45, 2.75) is 23.8 Å². The van der Waals surface area contributed by atoms with Crippen molar-refractivity contribution < 1.29 is 4.79 Å². The van der Waals surface area contributed by atoms with E-state index in [2.05, 4.69) is 55.2 Å². The number of fused-ring (bicyclic) bond motifs is 1. The van der Waals surface area contributed by atoms with Crippen LogP contribution in [0.5, 0.6) is 0 Å². The number of rotatable bonds is 4. The summed E-state index contributed by atoms with van der Waals surface area (Å²) in [5.41, 5.74) is 0.778. The van der Waals surface area contributed by atoms with Gasteiger partial charge in [0, 0.05) is 45.0 Å². The van der Waals surface area contributed by atoms with E-state index in [-0.39, 0.29) is 12.1 Å². The lowest BCUT2D eigenvalue weighted by Crippen LogP contribution is -2.45. The number of hydrogen-bond donors (Lipinski definition) is 2. The molecule has 1 N–H and O–H groups in total. The van der Waals surface area contributed by atoms with Gasteiger partial charge >= 0.3 is 6.03 Å². The third kappa shape index (κ3) is 4.68. The first-order valence-corrected chi connectivity index (χ1v) is 12.1. The highest BCUT2D eigenvalue weighted by molar-refractivity contribution is 9.10. The number of thiol groups is 1. The number of nitrogens with one attached hydrogen (secondary N) is 1. The topological polar surface area (TPSA) is 61.4 Å². The molecule has 1 fully saturated rings. The maximum atomic E-state index is 12.7.